The van der Waals surface area contributed by atoms with Gasteiger partial charge in [-0.05, 0) is 83.5 Å². The Bertz CT molecular complexity index is 1440. The van der Waals surface area contributed by atoms with E-state index in [1.54, 1.807) is 0 Å². The van der Waals surface area contributed by atoms with E-state index in [4.69, 9.17) is 14.2 Å². The molecule has 0 aliphatic heterocycles. The first-order valence-electron chi connectivity index (χ1n) is 35.8. The summed E-state index contributed by atoms with van der Waals surface area (Å²) in [7, 11) is 0. The lowest BCUT2D eigenvalue weighted by Crippen LogP contribution is -2.30. The van der Waals surface area contributed by atoms with Crippen LogP contribution in [0.5, 0.6) is 0 Å². The number of unbranched alkanes of at least 4 members (excludes halogenated alkanes) is 45. The second-order valence-corrected chi connectivity index (χ2v) is 24.1. The van der Waals surface area contributed by atoms with Gasteiger partial charge < -0.3 is 14.2 Å². The third-order valence-corrected chi connectivity index (χ3v) is 16.0. The Hall–Kier alpha value is -2.89. The molecule has 1 unspecified atom stereocenters. The third kappa shape index (κ3) is 67.8. The molecule has 0 rings (SSSR count). The molecular weight excluding hydrogens is 997 g/mol. The second-order valence-electron chi connectivity index (χ2n) is 24.1. The van der Waals surface area contributed by atoms with Crippen LogP contribution in [-0.2, 0) is 28.6 Å². The molecule has 0 aromatic carbocycles. The normalized spacial score (nSPS) is 12.4. The number of carbonyl (C=O) groups is 3. The Morgan fingerprint density at radius 2 is 0.481 bits per heavy atom. The summed E-state index contributed by atoms with van der Waals surface area (Å²) in [4.78, 5) is 38.4. The molecule has 0 saturated carbocycles. The van der Waals surface area contributed by atoms with Crippen molar-refractivity contribution in [3.63, 3.8) is 0 Å². The molecule has 81 heavy (non-hydrogen) atoms. The van der Waals surface area contributed by atoms with E-state index in [1.807, 2.05) is 0 Å². The highest BCUT2D eigenvalue weighted by molar-refractivity contribution is 5.71. The zero-order chi connectivity index (χ0) is 58.5. The molecule has 0 bridgehead atoms. The molecule has 6 nitrogen and oxygen atoms in total. The number of hydrogen-bond donors (Lipinski definition) is 0. The largest absolute Gasteiger partial charge is 0.462 e. The molecule has 0 amide bonds. The van der Waals surface area contributed by atoms with Crippen molar-refractivity contribution < 1.29 is 28.6 Å². The van der Waals surface area contributed by atoms with E-state index in [9.17, 15) is 14.4 Å². The van der Waals surface area contributed by atoms with Crippen molar-refractivity contribution in [2.24, 2.45) is 0 Å². The van der Waals surface area contributed by atoms with Crippen LogP contribution in [0.3, 0.4) is 0 Å². The monoisotopic (exact) mass is 1130 g/mol. The van der Waals surface area contributed by atoms with E-state index in [0.29, 0.717) is 19.3 Å². The first kappa shape index (κ1) is 78.1. The van der Waals surface area contributed by atoms with Gasteiger partial charge in [-0.1, -0.05) is 338 Å². The number of hydrogen-bond acceptors (Lipinski definition) is 6. The van der Waals surface area contributed by atoms with E-state index in [-0.39, 0.29) is 31.1 Å². The SMILES string of the molecule is CC/C=C\C/C=C\C/C=C\C/C=C\CCCCC(=O)OCC(COC(=O)CCCCCCCCCCCCCCCCC/C=C\CCCCCCCCCC)OC(=O)CCCCCCCCCCCCCCCCCCCCCCC. The number of ether oxygens (including phenoxy) is 3. The predicted molar refractivity (Wildman–Crippen MR) is 353 cm³/mol. The van der Waals surface area contributed by atoms with Crippen LogP contribution >= 0.6 is 0 Å². The summed E-state index contributed by atoms with van der Waals surface area (Å²) in [5, 5.41) is 0. The fraction of sp³-hybridized carbons (Fsp3) is 0.827. The van der Waals surface area contributed by atoms with Gasteiger partial charge in [-0.25, -0.2) is 0 Å². The van der Waals surface area contributed by atoms with Gasteiger partial charge in [-0.2, -0.15) is 0 Å². The average molecular weight is 1130 g/mol. The van der Waals surface area contributed by atoms with Gasteiger partial charge in [-0.15, -0.1) is 0 Å². The lowest BCUT2D eigenvalue weighted by Gasteiger charge is -2.18. The number of esters is 3. The second kappa shape index (κ2) is 69.6. The highest BCUT2D eigenvalue weighted by Crippen LogP contribution is 2.18. The Kier molecular flexibility index (Phi) is 67.1. The van der Waals surface area contributed by atoms with Crippen LogP contribution in [-0.4, -0.2) is 37.2 Å². The van der Waals surface area contributed by atoms with Crippen LogP contribution < -0.4 is 0 Å². The van der Waals surface area contributed by atoms with Crippen molar-refractivity contribution >= 4 is 17.9 Å². The summed E-state index contributed by atoms with van der Waals surface area (Å²) >= 11 is 0. The molecule has 6 heteroatoms. The van der Waals surface area contributed by atoms with Gasteiger partial charge in [0, 0.05) is 19.3 Å². The summed E-state index contributed by atoms with van der Waals surface area (Å²) in [6, 6.07) is 0. The minimum Gasteiger partial charge on any atom is -0.462 e. The number of carbonyl (C=O) groups excluding carboxylic acids is 3. The van der Waals surface area contributed by atoms with Gasteiger partial charge >= 0.3 is 17.9 Å². The van der Waals surface area contributed by atoms with E-state index >= 15 is 0 Å². The van der Waals surface area contributed by atoms with Crippen LogP contribution in [0, 0.1) is 0 Å². The topological polar surface area (TPSA) is 78.9 Å². The minimum absolute atomic E-state index is 0.0830. The van der Waals surface area contributed by atoms with Gasteiger partial charge in [0.25, 0.3) is 0 Å². The quantitative estimate of drug-likeness (QED) is 0.0261. The van der Waals surface area contributed by atoms with Gasteiger partial charge in [-0.3, -0.25) is 14.4 Å². The van der Waals surface area contributed by atoms with Crippen molar-refractivity contribution in [3.05, 3.63) is 60.8 Å². The molecule has 0 aliphatic carbocycles. The van der Waals surface area contributed by atoms with Crippen molar-refractivity contribution in [2.45, 2.75) is 386 Å². The molecule has 0 N–H and O–H groups in total. The first-order chi connectivity index (χ1) is 40.0. The van der Waals surface area contributed by atoms with Crippen molar-refractivity contribution in [1.29, 1.82) is 0 Å². The molecule has 0 aromatic rings. The van der Waals surface area contributed by atoms with Crippen molar-refractivity contribution in [1.82, 2.24) is 0 Å². The average Bonchev–Trinajstić information content (AvgIpc) is 3.47. The zero-order valence-corrected chi connectivity index (χ0v) is 54.3. The van der Waals surface area contributed by atoms with Gasteiger partial charge in [0.2, 0.25) is 0 Å². The maximum absolute atomic E-state index is 13.0. The summed E-state index contributed by atoms with van der Waals surface area (Å²) < 4.78 is 17.0. The molecule has 1 atom stereocenters. The van der Waals surface area contributed by atoms with Crippen LogP contribution in [0.1, 0.15) is 380 Å². The molecule has 0 aromatic heterocycles. The summed E-state index contributed by atoms with van der Waals surface area (Å²) in [5.41, 5.74) is 0. The van der Waals surface area contributed by atoms with Gasteiger partial charge in [0.15, 0.2) is 6.10 Å². The highest BCUT2D eigenvalue weighted by Gasteiger charge is 2.19. The Balaban J connectivity index is 4.27. The van der Waals surface area contributed by atoms with Crippen molar-refractivity contribution in [2.75, 3.05) is 13.2 Å². The minimum atomic E-state index is -0.790. The zero-order valence-electron chi connectivity index (χ0n) is 54.3. The molecule has 0 aliphatic rings. The van der Waals surface area contributed by atoms with E-state index in [0.717, 1.165) is 83.5 Å². The summed E-state index contributed by atoms with van der Waals surface area (Å²) in [6.07, 6.45) is 89.8. The molecular formula is C75H136O6. The van der Waals surface area contributed by atoms with Gasteiger partial charge in [0.05, 0.1) is 0 Å². The van der Waals surface area contributed by atoms with Crippen molar-refractivity contribution in [3.8, 4) is 0 Å². The molecule has 0 radical (unpaired) electrons. The maximum Gasteiger partial charge on any atom is 0.306 e. The summed E-state index contributed by atoms with van der Waals surface area (Å²) in [6.45, 7) is 6.56. The molecule has 0 spiro atoms. The van der Waals surface area contributed by atoms with E-state index in [2.05, 4.69) is 81.5 Å². The van der Waals surface area contributed by atoms with Crippen LogP contribution in [0.15, 0.2) is 60.8 Å². The van der Waals surface area contributed by atoms with E-state index < -0.39 is 6.10 Å². The predicted octanol–water partition coefficient (Wildman–Crippen LogP) is 24.7. The Morgan fingerprint density at radius 3 is 0.790 bits per heavy atom. The highest BCUT2D eigenvalue weighted by atomic mass is 16.6. The van der Waals surface area contributed by atoms with Gasteiger partial charge in [0.1, 0.15) is 13.2 Å². The Morgan fingerprint density at radius 1 is 0.259 bits per heavy atom. The molecule has 472 valence electrons. The van der Waals surface area contributed by atoms with Crippen LogP contribution in [0.2, 0.25) is 0 Å². The maximum atomic E-state index is 13.0. The van der Waals surface area contributed by atoms with E-state index in [1.165, 1.54) is 257 Å². The number of rotatable bonds is 66. The van der Waals surface area contributed by atoms with Crippen LogP contribution in [0.4, 0.5) is 0 Å². The standard InChI is InChI=1S/C75H136O6/c1-4-7-10-13-16-19-22-25-28-30-32-34-35-36-37-38-39-41-42-44-47-50-53-56-59-62-65-68-74(77)80-71-72(70-79-73(76)67-64-61-58-55-52-49-46-27-24-21-18-15-12-9-6-3)81-75(78)69-66-63-60-57-54-51-48-45-43-40-33-31-29-26-23-20-17-14-11-8-5-2/h9,12,18,21,27,30,32,46,52,55,72H,4-8,10-11,13-17,19-20,22-26,28-29,31,33-45,47-51,53-54,56-71H2,1-3H3/b12-9-,21-18-,32-30-,46-27-,55-52-. The molecule has 0 heterocycles. The summed E-state index contributed by atoms with van der Waals surface area (Å²) in [5.74, 6) is -0.901. The lowest BCUT2D eigenvalue weighted by molar-refractivity contribution is -0.167. The third-order valence-electron chi connectivity index (χ3n) is 16.0. The van der Waals surface area contributed by atoms with Crippen LogP contribution in [0.25, 0.3) is 0 Å². The first-order valence-corrected chi connectivity index (χ1v) is 35.8. The lowest BCUT2D eigenvalue weighted by atomic mass is 10.0. The number of allylic oxidation sites excluding steroid dienone is 10. The Labute approximate surface area is 504 Å². The molecule has 0 saturated heterocycles. The fourth-order valence-electron chi connectivity index (χ4n) is 10.7. The molecule has 0 fully saturated rings. The smallest absolute Gasteiger partial charge is 0.306 e. The fourth-order valence-corrected chi connectivity index (χ4v) is 10.7.